The van der Waals surface area contributed by atoms with E-state index in [0.29, 0.717) is 18.2 Å². The van der Waals surface area contributed by atoms with E-state index in [1.165, 1.54) is 12.8 Å². The molecule has 1 atom stereocenters. The predicted octanol–water partition coefficient (Wildman–Crippen LogP) is 2.85. The van der Waals surface area contributed by atoms with Crippen LogP contribution in [0.1, 0.15) is 31.6 Å². The zero-order valence-electron chi connectivity index (χ0n) is 12.3. The number of rotatable bonds is 4. The minimum absolute atomic E-state index is 0.0696. The van der Waals surface area contributed by atoms with Gasteiger partial charge in [-0.25, -0.2) is 4.98 Å². The summed E-state index contributed by atoms with van der Waals surface area (Å²) in [5.74, 6) is 1.34. The molecule has 1 amide bonds. The number of anilines is 1. The van der Waals surface area contributed by atoms with Crippen LogP contribution in [0.3, 0.4) is 0 Å². The second-order valence-corrected chi connectivity index (χ2v) is 5.71. The zero-order chi connectivity index (χ0) is 14.7. The Hall–Kier alpha value is -1.88. The molecule has 2 heterocycles. The quantitative estimate of drug-likeness (QED) is 0.907. The Morgan fingerprint density at radius 1 is 1.52 bits per heavy atom. The summed E-state index contributed by atoms with van der Waals surface area (Å²) in [5.41, 5.74) is 2.31. The molecule has 5 heteroatoms. The normalized spacial score (nSPS) is 18.8. The zero-order valence-corrected chi connectivity index (χ0v) is 12.3. The number of nitrogens with one attached hydrogen (secondary N) is 2. The molecule has 1 unspecified atom stereocenters. The van der Waals surface area contributed by atoms with Crippen molar-refractivity contribution in [2.45, 2.75) is 32.6 Å². The van der Waals surface area contributed by atoms with Gasteiger partial charge in [-0.3, -0.25) is 4.79 Å². The molecule has 2 aromatic rings. The van der Waals surface area contributed by atoms with E-state index in [9.17, 15) is 4.79 Å². The van der Waals surface area contributed by atoms with Crippen molar-refractivity contribution < 1.29 is 9.21 Å². The predicted molar refractivity (Wildman–Crippen MR) is 82.2 cm³/mol. The molecule has 1 aliphatic heterocycles. The SMILES string of the molecule is Cc1nc2cc(NC(=O)CCC3CCCNC3)ccc2o1. The summed E-state index contributed by atoms with van der Waals surface area (Å²) in [7, 11) is 0. The maximum Gasteiger partial charge on any atom is 0.224 e. The molecule has 21 heavy (non-hydrogen) atoms. The van der Waals surface area contributed by atoms with E-state index < -0.39 is 0 Å². The van der Waals surface area contributed by atoms with Gasteiger partial charge >= 0.3 is 0 Å². The smallest absolute Gasteiger partial charge is 0.224 e. The summed E-state index contributed by atoms with van der Waals surface area (Å²) in [6, 6.07) is 5.55. The molecule has 0 radical (unpaired) electrons. The van der Waals surface area contributed by atoms with E-state index in [1.807, 2.05) is 25.1 Å². The van der Waals surface area contributed by atoms with Crippen molar-refractivity contribution in [2.75, 3.05) is 18.4 Å². The van der Waals surface area contributed by atoms with Crippen LogP contribution in [0, 0.1) is 12.8 Å². The van der Waals surface area contributed by atoms with Crippen molar-refractivity contribution in [1.29, 1.82) is 0 Å². The lowest BCUT2D eigenvalue weighted by atomic mass is 9.94. The summed E-state index contributed by atoms with van der Waals surface area (Å²) in [4.78, 5) is 16.3. The highest BCUT2D eigenvalue weighted by atomic mass is 16.3. The highest BCUT2D eigenvalue weighted by Crippen LogP contribution is 2.20. The number of aryl methyl sites for hydroxylation is 1. The number of amides is 1. The van der Waals surface area contributed by atoms with E-state index >= 15 is 0 Å². The van der Waals surface area contributed by atoms with E-state index in [1.54, 1.807) is 0 Å². The summed E-state index contributed by atoms with van der Waals surface area (Å²) in [5, 5.41) is 6.32. The number of hydrogen-bond donors (Lipinski definition) is 2. The van der Waals surface area contributed by atoms with Gasteiger partial charge in [0.05, 0.1) is 0 Å². The monoisotopic (exact) mass is 287 g/mol. The lowest BCUT2D eigenvalue weighted by molar-refractivity contribution is -0.116. The van der Waals surface area contributed by atoms with Crippen LogP contribution in [0.5, 0.6) is 0 Å². The van der Waals surface area contributed by atoms with Gasteiger partial charge in [0.2, 0.25) is 5.91 Å². The molecule has 1 saturated heterocycles. The highest BCUT2D eigenvalue weighted by Gasteiger charge is 2.14. The third-order valence-corrected chi connectivity index (χ3v) is 3.96. The molecule has 2 N–H and O–H groups in total. The molecule has 0 saturated carbocycles. The number of carbonyl (C=O) groups excluding carboxylic acids is 1. The fourth-order valence-electron chi connectivity index (χ4n) is 2.85. The van der Waals surface area contributed by atoms with Crippen LogP contribution in [-0.2, 0) is 4.79 Å². The van der Waals surface area contributed by atoms with Crippen LogP contribution in [-0.4, -0.2) is 24.0 Å². The fraction of sp³-hybridized carbons (Fsp3) is 0.500. The Bertz CT molecular complexity index is 629. The first-order valence-corrected chi connectivity index (χ1v) is 7.58. The summed E-state index contributed by atoms with van der Waals surface area (Å²) >= 11 is 0. The van der Waals surface area contributed by atoms with Gasteiger partial charge in [0, 0.05) is 19.0 Å². The summed E-state index contributed by atoms with van der Waals surface area (Å²) in [6.07, 6.45) is 3.96. The van der Waals surface area contributed by atoms with Gasteiger partial charge in [0.25, 0.3) is 0 Å². The first-order chi connectivity index (χ1) is 10.2. The van der Waals surface area contributed by atoms with Crippen molar-refractivity contribution in [2.24, 2.45) is 5.92 Å². The second kappa shape index (κ2) is 6.26. The molecule has 1 fully saturated rings. The van der Waals surface area contributed by atoms with E-state index in [-0.39, 0.29) is 5.91 Å². The third kappa shape index (κ3) is 3.61. The number of oxazole rings is 1. The number of carbonyl (C=O) groups is 1. The number of piperidine rings is 1. The van der Waals surface area contributed by atoms with Crippen molar-refractivity contribution in [3.8, 4) is 0 Å². The average Bonchev–Trinajstić information content (AvgIpc) is 2.85. The number of nitrogens with zero attached hydrogens (tertiary/aromatic N) is 1. The van der Waals surface area contributed by atoms with Crippen LogP contribution in [0.2, 0.25) is 0 Å². The first-order valence-electron chi connectivity index (χ1n) is 7.58. The van der Waals surface area contributed by atoms with Gasteiger partial charge in [-0.2, -0.15) is 0 Å². The Morgan fingerprint density at radius 2 is 2.43 bits per heavy atom. The van der Waals surface area contributed by atoms with Crippen LogP contribution >= 0.6 is 0 Å². The number of aromatic nitrogens is 1. The Balaban J connectivity index is 1.55. The molecule has 5 nitrogen and oxygen atoms in total. The number of benzene rings is 1. The van der Waals surface area contributed by atoms with E-state index in [2.05, 4.69) is 15.6 Å². The fourth-order valence-corrected chi connectivity index (χ4v) is 2.85. The van der Waals surface area contributed by atoms with E-state index in [4.69, 9.17) is 4.42 Å². The van der Waals surface area contributed by atoms with Crippen LogP contribution in [0.25, 0.3) is 11.1 Å². The van der Waals surface area contributed by atoms with E-state index in [0.717, 1.165) is 36.3 Å². The Kier molecular flexibility index (Phi) is 4.20. The van der Waals surface area contributed by atoms with Gasteiger partial charge in [0.15, 0.2) is 11.5 Å². The molecule has 1 aromatic carbocycles. The molecular formula is C16H21N3O2. The van der Waals surface area contributed by atoms with Gasteiger partial charge in [-0.05, 0) is 56.5 Å². The van der Waals surface area contributed by atoms with Gasteiger partial charge < -0.3 is 15.1 Å². The standard InChI is InChI=1S/C16H21N3O2/c1-11-18-14-9-13(5-6-15(14)21-11)19-16(20)7-4-12-3-2-8-17-10-12/h5-6,9,12,17H,2-4,7-8,10H2,1H3,(H,19,20). The molecule has 112 valence electrons. The first kappa shape index (κ1) is 14.1. The van der Waals surface area contributed by atoms with Gasteiger partial charge in [-0.1, -0.05) is 0 Å². The minimum Gasteiger partial charge on any atom is -0.441 e. The lowest BCUT2D eigenvalue weighted by Crippen LogP contribution is -2.30. The third-order valence-electron chi connectivity index (χ3n) is 3.96. The Morgan fingerprint density at radius 3 is 3.24 bits per heavy atom. The second-order valence-electron chi connectivity index (χ2n) is 5.71. The number of fused-ring (bicyclic) bond motifs is 1. The maximum absolute atomic E-state index is 12.0. The van der Waals surface area contributed by atoms with Gasteiger partial charge in [-0.15, -0.1) is 0 Å². The Labute approximate surface area is 124 Å². The van der Waals surface area contributed by atoms with Crippen LogP contribution in [0.4, 0.5) is 5.69 Å². The van der Waals surface area contributed by atoms with Crippen LogP contribution < -0.4 is 10.6 Å². The summed E-state index contributed by atoms with van der Waals surface area (Å²) < 4.78 is 5.42. The van der Waals surface area contributed by atoms with Crippen molar-refractivity contribution >= 4 is 22.7 Å². The van der Waals surface area contributed by atoms with Crippen molar-refractivity contribution in [3.05, 3.63) is 24.1 Å². The van der Waals surface area contributed by atoms with Gasteiger partial charge in [0.1, 0.15) is 5.52 Å². The molecule has 1 aliphatic rings. The molecule has 0 bridgehead atoms. The number of hydrogen-bond acceptors (Lipinski definition) is 4. The van der Waals surface area contributed by atoms with Crippen molar-refractivity contribution in [1.82, 2.24) is 10.3 Å². The molecular weight excluding hydrogens is 266 g/mol. The van der Waals surface area contributed by atoms with Crippen molar-refractivity contribution in [3.63, 3.8) is 0 Å². The summed E-state index contributed by atoms with van der Waals surface area (Å²) in [6.45, 7) is 3.97. The maximum atomic E-state index is 12.0. The highest BCUT2D eigenvalue weighted by molar-refractivity contribution is 5.92. The largest absolute Gasteiger partial charge is 0.441 e. The molecule has 3 rings (SSSR count). The molecule has 0 aliphatic carbocycles. The molecule has 0 spiro atoms. The van der Waals surface area contributed by atoms with Crippen LogP contribution in [0.15, 0.2) is 22.6 Å². The average molecular weight is 287 g/mol. The lowest BCUT2D eigenvalue weighted by Gasteiger charge is -2.22. The molecule has 1 aromatic heterocycles. The topological polar surface area (TPSA) is 67.2 Å². The minimum atomic E-state index is 0.0696.